The highest BCUT2D eigenvalue weighted by Crippen LogP contribution is 2.24. The van der Waals surface area contributed by atoms with Gasteiger partial charge in [-0.3, -0.25) is 67.3 Å². The first-order chi connectivity index (χ1) is 45.2. The Morgan fingerprint density at radius 1 is 0.537 bits per heavy atom. The van der Waals surface area contributed by atoms with Crippen LogP contribution in [0.25, 0.3) is 0 Å². The number of carbonyl (C=O) groups excluding carboxylic acids is 13. The fourth-order valence-electron chi connectivity index (χ4n) is 11.0. The Balaban J connectivity index is 1.56. The van der Waals surface area contributed by atoms with Gasteiger partial charge >= 0.3 is 0 Å². The van der Waals surface area contributed by atoms with Crippen LogP contribution in [0.15, 0.2) is 65.7 Å². The quantitative estimate of drug-likeness (QED) is 0.0173. The molecule has 0 aromatic heterocycles. The second kappa shape index (κ2) is 41.0. The molecule has 2 aromatic carbocycles. The summed E-state index contributed by atoms with van der Waals surface area (Å²) in [6.07, 6.45) is 3.12. The topological polar surface area (TPSA) is 519 Å². The largest absolute Gasteiger partial charge is 0.370 e. The molecule has 95 heavy (non-hydrogen) atoms. The number of nitrogens with one attached hydrogen (secondary N) is 8. The van der Waals surface area contributed by atoms with Crippen molar-refractivity contribution in [3.05, 3.63) is 71.8 Å². The number of guanidine groups is 1. The minimum absolute atomic E-state index is 0.0736. The molecule has 0 unspecified atom stereocenters. The Hall–Kier alpha value is -8.91. The van der Waals surface area contributed by atoms with Crippen LogP contribution in [0, 0.1) is 5.92 Å². The average Bonchev–Trinajstić information content (AvgIpc) is 1.74. The zero-order chi connectivity index (χ0) is 70.1. The van der Waals surface area contributed by atoms with E-state index in [4.69, 9.17) is 40.1 Å². The number of nitrogens with zero attached hydrogens (tertiary/aromatic N) is 3. The summed E-state index contributed by atoms with van der Waals surface area (Å²) < 4.78 is 0. The van der Waals surface area contributed by atoms with Crippen LogP contribution in [-0.4, -0.2) is 198 Å². The molecule has 524 valence electrons. The van der Waals surface area contributed by atoms with E-state index >= 15 is 0 Å². The molecule has 2 aromatic rings. The number of primary amides is 3. The fraction of sp³-hybridized carbons (Fsp3) is 0.587. The van der Waals surface area contributed by atoms with Gasteiger partial charge in [-0.25, -0.2) is 0 Å². The smallest absolute Gasteiger partial charge is 0.245 e. The first kappa shape index (κ1) is 78.5. The molecule has 13 amide bonds. The van der Waals surface area contributed by atoms with Crippen molar-refractivity contribution in [1.82, 2.24) is 52.3 Å². The monoisotopic (exact) mass is 1350 g/mol. The van der Waals surface area contributed by atoms with Gasteiger partial charge in [-0.1, -0.05) is 74.5 Å². The molecule has 0 saturated carbocycles. The number of carbonyl (C=O) groups is 13. The van der Waals surface area contributed by atoms with Gasteiger partial charge in [-0.15, -0.1) is 0 Å². The van der Waals surface area contributed by atoms with Crippen LogP contribution in [-0.2, 0) is 75.2 Å². The van der Waals surface area contributed by atoms with Crippen LogP contribution in [0.4, 0.5) is 0 Å². The molecular formula is C63H98N18O13S. The van der Waals surface area contributed by atoms with E-state index in [0.29, 0.717) is 55.4 Å². The van der Waals surface area contributed by atoms with Crippen LogP contribution in [0.3, 0.4) is 0 Å². The molecule has 0 aliphatic carbocycles. The lowest BCUT2D eigenvalue weighted by atomic mass is 10.0. The van der Waals surface area contributed by atoms with E-state index in [9.17, 15) is 62.3 Å². The number of likely N-dealkylation sites (tertiary alicyclic amines) is 2. The second-order valence-electron chi connectivity index (χ2n) is 24.1. The van der Waals surface area contributed by atoms with E-state index in [1.54, 1.807) is 60.7 Å². The Morgan fingerprint density at radius 3 is 1.51 bits per heavy atom. The number of amides is 13. The van der Waals surface area contributed by atoms with Crippen LogP contribution >= 0.6 is 11.8 Å². The predicted molar refractivity (Wildman–Crippen MR) is 356 cm³/mol. The Kier molecular flexibility index (Phi) is 33.9. The third-order valence-corrected chi connectivity index (χ3v) is 16.7. The summed E-state index contributed by atoms with van der Waals surface area (Å²) >= 11 is 1.45. The van der Waals surface area contributed by atoms with E-state index in [1.807, 2.05) is 20.1 Å². The maximum atomic E-state index is 14.7. The predicted octanol–water partition coefficient (Wildman–Crippen LogP) is -3.71. The summed E-state index contributed by atoms with van der Waals surface area (Å²) in [6.45, 7) is 3.86. The van der Waals surface area contributed by atoms with E-state index in [-0.39, 0.29) is 83.0 Å². The second-order valence-corrected chi connectivity index (χ2v) is 25.1. The molecule has 22 N–H and O–H groups in total. The molecule has 31 nitrogen and oxygen atoms in total. The highest BCUT2D eigenvalue weighted by atomic mass is 32.2. The molecule has 2 aliphatic heterocycles. The molecule has 2 heterocycles. The van der Waals surface area contributed by atoms with Crippen molar-refractivity contribution in [2.75, 3.05) is 44.7 Å². The van der Waals surface area contributed by atoms with Crippen molar-refractivity contribution in [2.24, 2.45) is 51.0 Å². The van der Waals surface area contributed by atoms with Crippen LogP contribution in [0.2, 0.25) is 0 Å². The molecule has 2 aliphatic rings. The number of hydrogen-bond acceptors (Lipinski definition) is 17. The Labute approximate surface area is 558 Å². The number of unbranched alkanes of at least 4 members (excludes halogenated alkanes) is 1. The highest BCUT2D eigenvalue weighted by molar-refractivity contribution is 7.98. The van der Waals surface area contributed by atoms with Gasteiger partial charge in [0.25, 0.3) is 0 Å². The summed E-state index contributed by atoms with van der Waals surface area (Å²) in [5.41, 5.74) is 40.6. The van der Waals surface area contributed by atoms with E-state index in [0.717, 1.165) is 0 Å². The molecule has 0 bridgehead atoms. The maximum Gasteiger partial charge on any atom is 0.245 e. The van der Waals surface area contributed by atoms with Crippen molar-refractivity contribution in [3.8, 4) is 0 Å². The third kappa shape index (κ3) is 27.5. The summed E-state index contributed by atoms with van der Waals surface area (Å²) in [6, 6.07) is 4.51. The average molecular weight is 1350 g/mol. The standard InChI is InChI=1S/C63H98N18O13S/c1-37(2)33-45(57(89)74-41(53(68)85)27-32-95-3)73-52(84)36-72-54(86)46(34-38-15-6-4-7-16-38)78-58(90)47(35-39-17-8-5-9-18-39)79-56(88)42(23-25-50(66)82)75-55(87)43(24-26-51(67)83)76-59(91)49-22-14-31-81(49)62(94)44(20-10-11-28-64)77-60(92)48-21-13-30-80(48)61(93)40(65)19-12-29-71-63(69)70/h4-9,15-18,37,40-49H,10-14,19-36,64-65H2,1-3H3,(H2,66,82)(H2,67,83)(H2,68,85)(H,72,86)(H,73,84)(H,74,89)(H,75,87)(H,76,91)(H,77,92)(H,78,90)(H,79,88)(H4,69,70,71)/t40-,41-,42+,43+,44+,45-,46+,47+,48-,49+/m0/s1. The van der Waals surface area contributed by atoms with Gasteiger partial charge in [0.1, 0.15) is 54.4 Å². The molecule has 4 rings (SSSR count). The highest BCUT2D eigenvalue weighted by Gasteiger charge is 2.42. The number of hydrogen-bond donors (Lipinski definition) is 15. The molecule has 2 saturated heterocycles. The van der Waals surface area contributed by atoms with E-state index in [2.05, 4.69) is 47.5 Å². The summed E-state index contributed by atoms with van der Waals surface area (Å²) in [5, 5.41) is 21.1. The van der Waals surface area contributed by atoms with Crippen LogP contribution < -0.4 is 82.7 Å². The van der Waals surface area contributed by atoms with Gasteiger partial charge in [-0.05, 0) is 119 Å². The van der Waals surface area contributed by atoms with Crippen LogP contribution in [0.1, 0.15) is 121 Å². The molecule has 0 radical (unpaired) electrons. The van der Waals surface area contributed by atoms with Crippen LogP contribution in [0.5, 0.6) is 0 Å². The first-order valence-corrected chi connectivity index (χ1v) is 33.6. The lowest BCUT2D eigenvalue weighted by Crippen LogP contribution is -2.60. The number of aliphatic imine (C=N–C) groups is 1. The molecular weight excluding hydrogens is 1250 g/mol. The van der Waals surface area contributed by atoms with Gasteiger partial charge in [-0.2, -0.15) is 11.8 Å². The Bertz CT molecular complexity index is 2960. The van der Waals surface area contributed by atoms with Crippen molar-refractivity contribution in [2.45, 2.75) is 183 Å². The van der Waals surface area contributed by atoms with Crippen molar-refractivity contribution in [3.63, 3.8) is 0 Å². The summed E-state index contributed by atoms with van der Waals surface area (Å²) in [7, 11) is 0. The lowest BCUT2D eigenvalue weighted by Gasteiger charge is -2.32. The summed E-state index contributed by atoms with van der Waals surface area (Å²) in [5.74, 6) is -9.80. The van der Waals surface area contributed by atoms with Gasteiger partial charge in [0.05, 0.1) is 12.6 Å². The zero-order valence-electron chi connectivity index (χ0n) is 54.5. The number of thioether (sulfide) groups is 1. The van der Waals surface area contributed by atoms with E-state index < -0.39 is 169 Å². The Morgan fingerprint density at radius 2 is 1.01 bits per heavy atom. The normalized spacial score (nSPS) is 16.8. The minimum atomic E-state index is -1.64. The van der Waals surface area contributed by atoms with Gasteiger partial charge in [0.2, 0.25) is 76.8 Å². The summed E-state index contributed by atoms with van der Waals surface area (Å²) in [4.78, 5) is 185. The first-order valence-electron chi connectivity index (χ1n) is 32.2. The van der Waals surface area contributed by atoms with Crippen molar-refractivity contribution < 1.29 is 62.3 Å². The maximum absolute atomic E-state index is 14.7. The molecule has 10 atom stereocenters. The SMILES string of the molecule is CSCC[C@H](NC(=O)[C@H](CC(C)C)NC(=O)CNC(=O)[C@@H](Cc1ccccc1)NC(=O)[C@@H](Cc1ccccc1)NC(=O)[C@@H](CCC(N)=O)NC(=O)[C@@H](CCC(N)=O)NC(=O)[C@H]1CCCN1C(=O)[C@@H](CCCCN)NC(=O)[C@@H]1CCCN1C(=O)[C@@H](N)CCCN=C(N)N)C(N)=O. The van der Waals surface area contributed by atoms with Gasteiger partial charge in [0, 0.05) is 45.3 Å². The minimum Gasteiger partial charge on any atom is -0.370 e. The number of benzene rings is 2. The van der Waals surface area contributed by atoms with Gasteiger partial charge < -0.3 is 92.5 Å². The third-order valence-electron chi connectivity index (χ3n) is 16.0. The zero-order valence-corrected chi connectivity index (χ0v) is 55.3. The molecule has 2 fully saturated rings. The molecule has 32 heteroatoms. The lowest BCUT2D eigenvalue weighted by molar-refractivity contribution is -0.144. The number of rotatable bonds is 42. The van der Waals surface area contributed by atoms with Gasteiger partial charge in [0.15, 0.2) is 5.96 Å². The fourth-order valence-corrected chi connectivity index (χ4v) is 11.5. The van der Waals surface area contributed by atoms with Crippen molar-refractivity contribution >= 4 is 94.5 Å². The number of nitrogens with two attached hydrogens (primary N) is 7. The van der Waals surface area contributed by atoms with Crippen molar-refractivity contribution in [1.29, 1.82) is 0 Å². The van der Waals surface area contributed by atoms with E-state index in [1.165, 1.54) is 21.6 Å². The molecule has 0 spiro atoms.